The number of sulfonamides is 1. The van der Waals surface area contributed by atoms with Crippen LogP contribution in [0.15, 0.2) is 77.7 Å². The van der Waals surface area contributed by atoms with Gasteiger partial charge < -0.3 is 15.0 Å². The maximum atomic E-state index is 13.9. The molecule has 0 bridgehead atoms. The number of carbonyl (C=O) groups is 2. The first-order valence-corrected chi connectivity index (χ1v) is 14.5. The van der Waals surface area contributed by atoms with Crippen molar-refractivity contribution in [3.05, 3.63) is 88.4 Å². The molecule has 0 radical (unpaired) electrons. The van der Waals surface area contributed by atoms with Crippen molar-refractivity contribution in [1.82, 2.24) is 10.2 Å². The molecule has 0 aliphatic carbocycles. The summed E-state index contributed by atoms with van der Waals surface area (Å²) < 4.78 is 33.8. The van der Waals surface area contributed by atoms with Crippen molar-refractivity contribution in [3.63, 3.8) is 0 Å². The normalized spacial score (nSPS) is 11.9. The quantitative estimate of drug-likeness (QED) is 0.314. The number of nitrogens with zero attached hydrogens (tertiary/aromatic N) is 2. The zero-order valence-electron chi connectivity index (χ0n) is 21.9. The van der Waals surface area contributed by atoms with Crippen LogP contribution in [0.4, 0.5) is 5.69 Å². The minimum absolute atomic E-state index is 0.0210. The lowest BCUT2D eigenvalue weighted by atomic mass is 10.1. The molecule has 8 nitrogen and oxygen atoms in total. The van der Waals surface area contributed by atoms with Gasteiger partial charge in [0.25, 0.3) is 10.0 Å². The largest absolute Gasteiger partial charge is 0.497 e. The topological polar surface area (TPSA) is 96.0 Å². The molecule has 0 fully saturated rings. The molecule has 11 heteroatoms. The van der Waals surface area contributed by atoms with Crippen molar-refractivity contribution in [1.29, 1.82) is 0 Å². The molecule has 208 valence electrons. The summed E-state index contributed by atoms with van der Waals surface area (Å²) in [5.41, 5.74) is 0.913. The number of ether oxygens (including phenoxy) is 1. The fourth-order valence-electron chi connectivity index (χ4n) is 4.04. The lowest BCUT2D eigenvalue weighted by molar-refractivity contribution is -0.140. The second kappa shape index (κ2) is 13.7. The van der Waals surface area contributed by atoms with Crippen LogP contribution in [0.1, 0.15) is 25.8 Å². The van der Waals surface area contributed by atoms with Crippen LogP contribution < -0.4 is 14.4 Å². The third-order valence-electron chi connectivity index (χ3n) is 6.04. The standard InChI is InChI=1S/C28H31Cl2N3O5S/c1-4-26(28(35)31-5-2)32(18-20-11-16-24(29)25(30)17-20)27(34)19-33(21-12-14-22(38-3)15-13-21)39(36,37)23-9-7-6-8-10-23/h6-17,26H,4-5,18-19H2,1-3H3,(H,31,35)/t26-/m0/s1. The number of carbonyl (C=O) groups excluding carboxylic acids is 2. The van der Waals surface area contributed by atoms with Gasteiger partial charge in [-0.2, -0.15) is 0 Å². The number of methoxy groups -OCH3 is 1. The van der Waals surface area contributed by atoms with E-state index in [2.05, 4.69) is 5.32 Å². The van der Waals surface area contributed by atoms with Crippen molar-refractivity contribution in [2.75, 3.05) is 24.5 Å². The summed E-state index contributed by atoms with van der Waals surface area (Å²) in [5, 5.41) is 3.43. The van der Waals surface area contributed by atoms with E-state index in [1.165, 1.54) is 24.1 Å². The van der Waals surface area contributed by atoms with E-state index in [1.54, 1.807) is 74.5 Å². The predicted molar refractivity (Wildman–Crippen MR) is 154 cm³/mol. The maximum absolute atomic E-state index is 13.9. The number of amides is 2. The SMILES string of the molecule is CCNC(=O)[C@H](CC)N(Cc1ccc(Cl)c(Cl)c1)C(=O)CN(c1ccc(OC)cc1)S(=O)(=O)c1ccccc1. The molecule has 2 amide bonds. The lowest BCUT2D eigenvalue weighted by Crippen LogP contribution is -2.52. The van der Waals surface area contributed by atoms with E-state index in [1.807, 2.05) is 0 Å². The summed E-state index contributed by atoms with van der Waals surface area (Å²) in [6.45, 7) is 3.43. The number of nitrogens with one attached hydrogen (secondary N) is 1. The van der Waals surface area contributed by atoms with Crippen LogP contribution >= 0.6 is 23.2 Å². The third-order valence-corrected chi connectivity index (χ3v) is 8.57. The van der Waals surface area contributed by atoms with E-state index in [9.17, 15) is 18.0 Å². The van der Waals surface area contributed by atoms with Crippen molar-refractivity contribution in [3.8, 4) is 5.75 Å². The Kier molecular flexibility index (Phi) is 10.6. The van der Waals surface area contributed by atoms with Gasteiger partial charge in [0, 0.05) is 13.1 Å². The second-order valence-electron chi connectivity index (χ2n) is 8.61. The molecule has 0 unspecified atom stereocenters. The summed E-state index contributed by atoms with van der Waals surface area (Å²) in [5.74, 6) is -0.365. The molecule has 0 aliphatic rings. The first-order chi connectivity index (χ1) is 18.6. The number of anilines is 1. The van der Waals surface area contributed by atoms with E-state index in [-0.39, 0.29) is 23.0 Å². The average molecular weight is 593 g/mol. The number of halogens is 2. The first kappa shape index (κ1) is 30.3. The molecular formula is C28H31Cl2N3O5S. The highest BCUT2D eigenvalue weighted by atomic mass is 35.5. The number of hydrogen-bond acceptors (Lipinski definition) is 5. The number of rotatable bonds is 12. The van der Waals surface area contributed by atoms with Crippen molar-refractivity contribution < 1.29 is 22.7 Å². The van der Waals surface area contributed by atoms with Crippen LogP contribution in [-0.4, -0.2) is 51.4 Å². The fraction of sp³-hybridized carbons (Fsp3) is 0.286. The second-order valence-corrected chi connectivity index (χ2v) is 11.3. The Balaban J connectivity index is 2.06. The Hall–Kier alpha value is -3.27. The Morgan fingerprint density at radius 2 is 1.62 bits per heavy atom. The average Bonchev–Trinajstić information content (AvgIpc) is 2.94. The molecule has 0 saturated heterocycles. The maximum Gasteiger partial charge on any atom is 0.264 e. The monoisotopic (exact) mass is 591 g/mol. The zero-order valence-corrected chi connectivity index (χ0v) is 24.3. The van der Waals surface area contributed by atoms with Gasteiger partial charge in [-0.05, 0) is 67.4 Å². The first-order valence-electron chi connectivity index (χ1n) is 12.3. The Bertz CT molecular complexity index is 1390. The molecule has 1 N–H and O–H groups in total. The Labute approximate surface area is 239 Å². The van der Waals surface area contributed by atoms with Crippen molar-refractivity contribution in [2.24, 2.45) is 0 Å². The Morgan fingerprint density at radius 3 is 2.18 bits per heavy atom. The van der Waals surface area contributed by atoms with E-state index >= 15 is 0 Å². The zero-order chi connectivity index (χ0) is 28.6. The van der Waals surface area contributed by atoms with Gasteiger partial charge in [-0.1, -0.05) is 54.4 Å². The van der Waals surface area contributed by atoms with Crippen LogP contribution in [0.3, 0.4) is 0 Å². The number of hydrogen-bond donors (Lipinski definition) is 1. The molecular weight excluding hydrogens is 561 g/mol. The van der Waals surface area contributed by atoms with E-state index in [4.69, 9.17) is 27.9 Å². The van der Waals surface area contributed by atoms with Gasteiger partial charge in [0.1, 0.15) is 18.3 Å². The predicted octanol–water partition coefficient (Wildman–Crippen LogP) is 5.14. The lowest BCUT2D eigenvalue weighted by Gasteiger charge is -2.33. The van der Waals surface area contributed by atoms with Gasteiger partial charge in [-0.3, -0.25) is 13.9 Å². The molecule has 0 aromatic heterocycles. The van der Waals surface area contributed by atoms with Gasteiger partial charge in [0.05, 0.1) is 27.7 Å². The van der Waals surface area contributed by atoms with E-state index < -0.39 is 28.5 Å². The minimum Gasteiger partial charge on any atom is -0.497 e. The molecule has 0 aliphatic heterocycles. The van der Waals surface area contributed by atoms with Crippen molar-refractivity contribution in [2.45, 2.75) is 37.8 Å². The number of benzene rings is 3. The highest BCUT2D eigenvalue weighted by molar-refractivity contribution is 7.92. The molecule has 3 aromatic rings. The fourth-order valence-corrected chi connectivity index (χ4v) is 5.80. The molecule has 0 saturated carbocycles. The molecule has 0 heterocycles. The smallest absolute Gasteiger partial charge is 0.264 e. The van der Waals surface area contributed by atoms with E-state index in [0.29, 0.717) is 34.3 Å². The van der Waals surface area contributed by atoms with Crippen LogP contribution in [0.25, 0.3) is 0 Å². The molecule has 3 aromatic carbocycles. The summed E-state index contributed by atoms with van der Waals surface area (Å²) in [6, 6.07) is 18.3. The highest BCUT2D eigenvalue weighted by Gasteiger charge is 2.33. The van der Waals surface area contributed by atoms with Gasteiger partial charge in [0.2, 0.25) is 11.8 Å². The van der Waals surface area contributed by atoms with E-state index in [0.717, 1.165) is 4.31 Å². The van der Waals surface area contributed by atoms with Gasteiger partial charge in [-0.25, -0.2) is 8.42 Å². The molecule has 1 atom stereocenters. The Morgan fingerprint density at radius 1 is 0.949 bits per heavy atom. The van der Waals surface area contributed by atoms with Crippen molar-refractivity contribution >= 4 is 50.7 Å². The van der Waals surface area contributed by atoms with Crippen LogP contribution in [-0.2, 0) is 26.2 Å². The van der Waals surface area contributed by atoms with Gasteiger partial charge in [0.15, 0.2) is 0 Å². The highest BCUT2D eigenvalue weighted by Crippen LogP contribution is 2.27. The van der Waals surface area contributed by atoms with Crippen LogP contribution in [0.5, 0.6) is 5.75 Å². The van der Waals surface area contributed by atoms with Crippen LogP contribution in [0, 0.1) is 0 Å². The summed E-state index contributed by atoms with van der Waals surface area (Å²) in [6.07, 6.45) is 0.312. The van der Waals surface area contributed by atoms with Gasteiger partial charge >= 0.3 is 0 Å². The molecule has 39 heavy (non-hydrogen) atoms. The molecule has 3 rings (SSSR count). The third kappa shape index (κ3) is 7.44. The van der Waals surface area contributed by atoms with Crippen LogP contribution in [0.2, 0.25) is 10.0 Å². The summed E-state index contributed by atoms with van der Waals surface area (Å²) in [4.78, 5) is 28.3. The summed E-state index contributed by atoms with van der Waals surface area (Å²) >= 11 is 12.3. The number of likely N-dealkylation sites (N-methyl/N-ethyl adjacent to an activating group) is 1. The molecule has 0 spiro atoms. The minimum atomic E-state index is -4.14. The summed E-state index contributed by atoms with van der Waals surface area (Å²) in [7, 11) is -2.64. The van der Waals surface area contributed by atoms with Gasteiger partial charge in [-0.15, -0.1) is 0 Å².